The highest BCUT2D eigenvalue weighted by Crippen LogP contribution is 2.21. The summed E-state index contributed by atoms with van der Waals surface area (Å²) >= 11 is 0. The monoisotopic (exact) mass is 340 g/mol. The summed E-state index contributed by atoms with van der Waals surface area (Å²) < 4.78 is 0. The normalized spacial score (nSPS) is 19.4. The first-order valence-electron chi connectivity index (χ1n) is 10.0. The van der Waals surface area contributed by atoms with Crippen molar-refractivity contribution in [3.63, 3.8) is 0 Å². The largest absolute Gasteiger partial charge is 0.355 e. The number of hydrogen-bond donors (Lipinski definition) is 1. The van der Waals surface area contributed by atoms with E-state index < -0.39 is 0 Å². The number of nitrogens with zero attached hydrogens (tertiary/aromatic N) is 1. The molecule has 1 aromatic carbocycles. The van der Waals surface area contributed by atoms with E-state index in [1.807, 2.05) is 0 Å². The second-order valence-corrected chi connectivity index (χ2v) is 7.62. The minimum atomic E-state index is 0.193. The van der Waals surface area contributed by atoms with Gasteiger partial charge in [0.05, 0.1) is 6.54 Å². The van der Waals surface area contributed by atoms with E-state index in [1.54, 1.807) is 0 Å². The van der Waals surface area contributed by atoms with E-state index in [0.29, 0.717) is 6.54 Å². The molecule has 0 spiro atoms. The van der Waals surface area contributed by atoms with E-state index in [9.17, 15) is 4.79 Å². The van der Waals surface area contributed by atoms with Gasteiger partial charge < -0.3 is 5.32 Å². The highest BCUT2D eigenvalue weighted by atomic mass is 16.2. The van der Waals surface area contributed by atoms with Crippen LogP contribution in [-0.4, -0.2) is 37.0 Å². The van der Waals surface area contributed by atoms with Gasteiger partial charge in [-0.15, -0.1) is 0 Å². The Morgan fingerprint density at radius 1 is 1.12 bits per heavy atom. The summed E-state index contributed by atoms with van der Waals surface area (Å²) in [6, 6.07) is 10.8. The molecular formula is C22H32N2O. The van der Waals surface area contributed by atoms with Crippen LogP contribution in [0.15, 0.2) is 42.0 Å². The molecule has 0 radical (unpaired) electrons. The third-order valence-corrected chi connectivity index (χ3v) is 5.59. The van der Waals surface area contributed by atoms with Gasteiger partial charge in [-0.2, -0.15) is 0 Å². The van der Waals surface area contributed by atoms with E-state index in [2.05, 4.69) is 46.6 Å². The molecule has 136 valence electrons. The van der Waals surface area contributed by atoms with Crippen molar-refractivity contribution >= 4 is 5.91 Å². The quantitative estimate of drug-likeness (QED) is 0.762. The number of carbonyl (C=O) groups is 1. The van der Waals surface area contributed by atoms with Crippen LogP contribution in [0.2, 0.25) is 0 Å². The number of hydrogen-bond acceptors (Lipinski definition) is 2. The second kappa shape index (κ2) is 9.76. The molecule has 1 N–H and O–H groups in total. The van der Waals surface area contributed by atoms with Crippen molar-refractivity contribution in [2.24, 2.45) is 5.92 Å². The molecule has 25 heavy (non-hydrogen) atoms. The van der Waals surface area contributed by atoms with Crippen LogP contribution in [0.1, 0.15) is 50.5 Å². The maximum atomic E-state index is 12.2. The van der Waals surface area contributed by atoms with Gasteiger partial charge in [-0.25, -0.2) is 0 Å². The fourth-order valence-corrected chi connectivity index (χ4v) is 4.05. The number of likely N-dealkylation sites (tertiary alicyclic amines) is 1. The van der Waals surface area contributed by atoms with Crippen LogP contribution in [0, 0.1) is 5.92 Å². The van der Waals surface area contributed by atoms with Gasteiger partial charge in [-0.05, 0) is 75.9 Å². The first kappa shape index (κ1) is 18.2. The van der Waals surface area contributed by atoms with Crippen LogP contribution in [0.4, 0.5) is 0 Å². The highest BCUT2D eigenvalue weighted by molar-refractivity contribution is 5.78. The van der Waals surface area contributed by atoms with Crippen molar-refractivity contribution in [1.29, 1.82) is 0 Å². The molecule has 0 unspecified atom stereocenters. The lowest BCUT2D eigenvalue weighted by Gasteiger charge is -2.31. The molecule has 1 heterocycles. The Labute approximate surface area is 152 Å². The van der Waals surface area contributed by atoms with Crippen LogP contribution >= 0.6 is 0 Å². The fourth-order valence-electron chi connectivity index (χ4n) is 4.05. The summed E-state index contributed by atoms with van der Waals surface area (Å²) in [7, 11) is 0. The average molecular weight is 341 g/mol. The number of rotatable bonds is 7. The van der Waals surface area contributed by atoms with Gasteiger partial charge in [0.2, 0.25) is 5.91 Å². The third kappa shape index (κ3) is 6.32. The Bertz CT molecular complexity index is 559. The molecule has 1 fully saturated rings. The molecule has 0 bridgehead atoms. The van der Waals surface area contributed by atoms with E-state index in [0.717, 1.165) is 32.0 Å². The smallest absolute Gasteiger partial charge is 0.234 e. The minimum Gasteiger partial charge on any atom is -0.355 e. The Hall–Kier alpha value is -1.61. The molecule has 1 amide bonds. The molecule has 2 aliphatic rings. The molecule has 0 saturated carbocycles. The zero-order valence-electron chi connectivity index (χ0n) is 15.4. The summed E-state index contributed by atoms with van der Waals surface area (Å²) in [5.74, 6) is 0.956. The van der Waals surface area contributed by atoms with Crippen LogP contribution in [0.25, 0.3) is 0 Å². The van der Waals surface area contributed by atoms with E-state index >= 15 is 0 Å². The van der Waals surface area contributed by atoms with Crippen LogP contribution in [0.3, 0.4) is 0 Å². The number of amides is 1. The Morgan fingerprint density at radius 2 is 1.92 bits per heavy atom. The number of benzene rings is 1. The van der Waals surface area contributed by atoms with Gasteiger partial charge >= 0.3 is 0 Å². The van der Waals surface area contributed by atoms with Crippen molar-refractivity contribution < 1.29 is 4.79 Å². The molecule has 1 aliphatic heterocycles. The zero-order chi connectivity index (χ0) is 17.3. The lowest BCUT2D eigenvalue weighted by molar-refractivity contribution is -0.122. The van der Waals surface area contributed by atoms with Gasteiger partial charge in [0, 0.05) is 6.54 Å². The number of piperidine rings is 1. The summed E-state index contributed by atoms with van der Waals surface area (Å²) in [4.78, 5) is 14.5. The SMILES string of the molecule is O=C(CN1CCC(Cc2ccccc2)CC1)NCCC1=CCCCC1. The van der Waals surface area contributed by atoms with Gasteiger partial charge in [-0.1, -0.05) is 42.0 Å². The summed E-state index contributed by atoms with van der Waals surface area (Å²) in [5.41, 5.74) is 2.98. The molecule has 0 atom stereocenters. The molecule has 1 saturated heterocycles. The summed E-state index contributed by atoms with van der Waals surface area (Å²) in [5, 5.41) is 3.11. The van der Waals surface area contributed by atoms with Crippen molar-refractivity contribution in [2.75, 3.05) is 26.2 Å². The molecule has 3 nitrogen and oxygen atoms in total. The van der Waals surface area contributed by atoms with E-state index in [4.69, 9.17) is 0 Å². The summed E-state index contributed by atoms with van der Waals surface area (Å²) in [6.07, 6.45) is 12.1. The molecule has 1 aromatic rings. The van der Waals surface area contributed by atoms with Gasteiger partial charge in [0.15, 0.2) is 0 Å². The standard InChI is InChI=1S/C22H32N2O/c25-22(23-14-11-19-7-3-1-4-8-19)18-24-15-12-21(13-16-24)17-20-9-5-2-6-10-20/h2,5-7,9-10,21H,1,3-4,8,11-18H2,(H,23,25). The van der Waals surface area contributed by atoms with Crippen LogP contribution in [0.5, 0.6) is 0 Å². The fraction of sp³-hybridized carbons (Fsp3) is 0.591. The van der Waals surface area contributed by atoms with Gasteiger partial charge in [0.1, 0.15) is 0 Å². The van der Waals surface area contributed by atoms with E-state index in [1.165, 1.54) is 56.1 Å². The van der Waals surface area contributed by atoms with Gasteiger partial charge in [-0.3, -0.25) is 9.69 Å². The first-order valence-corrected chi connectivity index (χ1v) is 10.0. The third-order valence-electron chi connectivity index (χ3n) is 5.59. The van der Waals surface area contributed by atoms with Crippen molar-refractivity contribution in [3.8, 4) is 0 Å². The lowest BCUT2D eigenvalue weighted by atomic mass is 9.90. The highest BCUT2D eigenvalue weighted by Gasteiger charge is 2.20. The van der Waals surface area contributed by atoms with Gasteiger partial charge in [0.25, 0.3) is 0 Å². The number of nitrogens with one attached hydrogen (secondary N) is 1. The van der Waals surface area contributed by atoms with E-state index in [-0.39, 0.29) is 5.91 Å². The maximum absolute atomic E-state index is 12.2. The Kier molecular flexibility index (Phi) is 7.10. The molecule has 0 aromatic heterocycles. The van der Waals surface area contributed by atoms with Crippen LogP contribution in [-0.2, 0) is 11.2 Å². The Balaban J connectivity index is 1.30. The molecule has 3 heteroatoms. The number of carbonyl (C=O) groups excluding carboxylic acids is 1. The number of allylic oxidation sites excluding steroid dienone is 1. The molecule has 1 aliphatic carbocycles. The topological polar surface area (TPSA) is 32.3 Å². The predicted octanol–water partition coefficient (Wildman–Crippen LogP) is 3.95. The second-order valence-electron chi connectivity index (χ2n) is 7.62. The maximum Gasteiger partial charge on any atom is 0.234 e. The van der Waals surface area contributed by atoms with Crippen molar-refractivity contribution in [3.05, 3.63) is 47.5 Å². The molecule has 3 rings (SSSR count). The minimum absolute atomic E-state index is 0.193. The first-order chi connectivity index (χ1) is 12.3. The Morgan fingerprint density at radius 3 is 2.64 bits per heavy atom. The summed E-state index contributed by atoms with van der Waals surface area (Å²) in [6.45, 7) is 3.47. The average Bonchev–Trinajstić information content (AvgIpc) is 2.65. The molecular weight excluding hydrogens is 308 g/mol. The lowest BCUT2D eigenvalue weighted by Crippen LogP contribution is -2.42. The van der Waals surface area contributed by atoms with Crippen LogP contribution < -0.4 is 5.32 Å². The van der Waals surface area contributed by atoms with Crippen molar-refractivity contribution in [1.82, 2.24) is 10.2 Å². The van der Waals surface area contributed by atoms with Crippen molar-refractivity contribution in [2.45, 2.75) is 51.4 Å². The predicted molar refractivity (Wildman–Crippen MR) is 103 cm³/mol. The zero-order valence-corrected chi connectivity index (χ0v) is 15.4.